The molecule has 0 atom stereocenters. The molecular weight excluding hydrogens is 302 g/mol. The Labute approximate surface area is 132 Å². The van der Waals surface area contributed by atoms with Gasteiger partial charge in [0.1, 0.15) is 5.69 Å². The van der Waals surface area contributed by atoms with Crippen LogP contribution in [0.15, 0.2) is 59.5 Å². The van der Waals surface area contributed by atoms with Gasteiger partial charge in [-0.1, -0.05) is 41.6 Å². The summed E-state index contributed by atoms with van der Waals surface area (Å²) in [6.45, 7) is 0. The highest BCUT2D eigenvalue weighted by Gasteiger charge is 2.15. The number of halogens is 1. The molecule has 0 aliphatic rings. The molecule has 3 nitrogen and oxygen atoms in total. The van der Waals surface area contributed by atoms with Gasteiger partial charge >= 0.3 is 0 Å². The van der Waals surface area contributed by atoms with Crippen molar-refractivity contribution in [2.75, 3.05) is 6.26 Å². The fourth-order valence-electron chi connectivity index (χ4n) is 2.21. The minimum absolute atomic E-state index is 0.340. The molecule has 0 aliphatic heterocycles. The lowest BCUT2D eigenvalue weighted by Gasteiger charge is -2.08. The van der Waals surface area contributed by atoms with Crippen molar-refractivity contribution in [3.8, 4) is 16.9 Å². The van der Waals surface area contributed by atoms with E-state index in [1.807, 2.05) is 47.1 Å². The summed E-state index contributed by atoms with van der Waals surface area (Å²) < 4.78 is 1.85. The van der Waals surface area contributed by atoms with Crippen molar-refractivity contribution < 1.29 is 0 Å². The Morgan fingerprint density at radius 1 is 1.10 bits per heavy atom. The first-order valence-corrected chi connectivity index (χ1v) is 8.30. The van der Waals surface area contributed by atoms with Crippen molar-refractivity contribution in [1.29, 1.82) is 0 Å². The Bertz CT molecular complexity index is 740. The van der Waals surface area contributed by atoms with Crippen molar-refractivity contribution in [1.82, 2.24) is 15.0 Å². The molecule has 3 aromatic rings. The van der Waals surface area contributed by atoms with Gasteiger partial charge in [-0.15, -0.1) is 28.5 Å². The highest BCUT2D eigenvalue weighted by Crippen LogP contribution is 2.27. The molecule has 21 heavy (non-hydrogen) atoms. The van der Waals surface area contributed by atoms with Crippen molar-refractivity contribution in [2.45, 2.75) is 10.8 Å². The highest BCUT2D eigenvalue weighted by atomic mass is 35.5. The van der Waals surface area contributed by atoms with Crippen LogP contribution in [0.25, 0.3) is 16.9 Å². The number of aromatic nitrogens is 3. The van der Waals surface area contributed by atoms with Crippen LogP contribution in [-0.2, 0) is 5.88 Å². The number of hydrogen-bond donors (Lipinski definition) is 0. The quantitative estimate of drug-likeness (QED) is 0.528. The van der Waals surface area contributed by atoms with E-state index in [0.717, 1.165) is 22.6 Å². The normalized spacial score (nSPS) is 10.8. The fraction of sp³-hybridized carbons (Fsp3) is 0.125. The molecule has 0 aliphatic carbocycles. The monoisotopic (exact) mass is 315 g/mol. The van der Waals surface area contributed by atoms with Gasteiger partial charge in [-0.05, 0) is 24.5 Å². The highest BCUT2D eigenvalue weighted by molar-refractivity contribution is 7.98. The first-order chi connectivity index (χ1) is 10.3. The Balaban J connectivity index is 2.17. The van der Waals surface area contributed by atoms with Crippen LogP contribution >= 0.6 is 23.4 Å². The Morgan fingerprint density at radius 2 is 1.90 bits per heavy atom. The molecule has 0 radical (unpaired) electrons. The minimum atomic E-state index is 0.340. The maximum Gasteiger partial charge on any atom is 0.106 e. The summed E-state index contributed by atoms with van der Waals surface area (Å²) in [4.78, 5) is 1.19. The van der Waals surface area contributed by atoms with Gasteiger partial charge in [-0.2, -0.15) is 0 Å². The maximum absolute atomic E-state index is 6.02. The summed E-state index contributed by atoms with van der Waals surface area (Å²) in [5.74, 6) is 0.340. The second-order valence-electron chi connectivity index (χ2n) is 4.50. The summed E-state index contributed by atoms with van der Waals surface area (Å²) in [6.07, 6.45) is 2.06. The Hall–Kier alpha value is -1.78. The first kappa shape index (κ1) is 14.2. The molecule has 0 fully saturated rings. The number of alkyl halides is 1. The number of nitrogens with zero attached hydrogens (tertiary/aromatic N) is 3. The number of benzene rings is 2. The molecule has 3 rings (SSSR count). The third kappa shape index (κ3) is 2.82. The van der Waals surface area contributed by atoms with E-state index in [0.29, 0.717) is 5.88 Å². The Morgan fingerprint density at radius 3 is 2.62 bits per heavy atom. The van der Waals surface area contributed by atoms with Crippen LogP contribution in [0.1, 0.15) is 5.69 Å². The molecule has 0 unspecified atom stereocenters. The van der Waals surface area contributed by atoms with Crippen LogP contribution in [0, 0.1) is 0 Å². The zero-order chi connectivity index (χ0) is 14.7. The predicted molar refractivity (Wildman–Crippen MR) is 88.1 cm³/mol. The molecule has 2 aromatic carbocycles. The smallest absolute Gasteiger partial charge is 0.106 e. The summed E-state index contributed by atoms with van der Waals surface area (Å²) in [7, 11) is 0. The third-order valence-electron chi connectivity index (χ3n) is 3.21. The molecule has 0 spiro atoms. The molecule has 106 valence electrons. The first-order valence-electron chi connectivity index (χ1n) is 6.54. The van der Waals surface area contributed by atoms with Crippen LogP contribution in [0.4, 0.5) is 0 Å². The topological polar surface area (TPSA) is 30.7 Å². The van der Waals surface area contributed by atoms with Gasteiger partial charge in [0.15, 0.2) is 0 Å². The van der Waals surface area contributed by atoms with Gasteiger partial charge in [0, 0.05) is 10.5 Å². The molecule has 0 bridgehead atoms. The molecule has 0 saturated carbocycles. The molecule has 0 N–H and O–H groups in total. The van der Waals surface area contributed by atoms with Crippen molar-refractivity contribution in [2.24, 2.45) is 0 Å². The maximum atomic E-state index is 6.02. The van der Waals surface area contributed by atoms with Crippen molar-refractivity contribution in [3.05, 3.63) is 60.3 Å². The van der Waals surface area contributed by atoms with Crippen LogP contribution in [0.3, 0.4) is 0 Å². The molecule has 1 aromatic heterocycles. The van der Waals surface area contributed by atoms with Gasteiger partial charge in [0.05, 0.1) is 17.3 Å². The molecule has 0 saturated heterocycles. The number of thioether (sulfide) groups is 1. The second kappa shape index (κ2) is 6.33. The fourth-order valence-corrected chi connectivity index (χ4v) is 2.84. The van der Waals surface area contributed by atoms with E-state index >= 15 is 0 Å². The lowest BCUT2D eigenvalue weighted by Crippen LogP contribution is -2.00. The van der Waals surface area contributed by atoms with E-state index in [1.165, 1.54) is 4.90 Å². The minimum Gasteiger partial charge on any atom is -0.212 e. The van der Waals surface area contributed by atoms with Crippen LogP contribution in [0.2, 0.25) is 0 Å². The molecule has 1 heterocycles. The van der Waals surface area contributed by atoms with Crippen molar-refractivity contribution in [3.63, 3.8) is 0 Å². The predicted octanol–water partition coefficient (Wildman–Crippen LogP) is 4.40. The lowest BCUT2D eigenvalue weighted by atomic mass is 10.1. The van der Waals surface area contributed by atoms with E-state index in [4.69, 9.17) is 11.6 Å². The van der Waals surface area contributed by atoms with Gasteiger partial charge in [0.2, 0.25) is 0 Å². The van der Waals surface area contributed by atoms with Crippen molar-refractivity contribution >= 4 is 23.4 Å². The summed E-state index contributed by atoms with van der Waals surface area (Å²) in [5.41, 5.74) is 3.79. The second-order valence-corrected chi connectivity index (χ2v) is 5.64. The van der Waals surface area contributed by atoms with Crippen LogP contribution < -0.4 is 0 Å². The van der Waals surface area contributed by atoms with Gasteiger partial charge in [-0.3, -0.25) is 0 Å². The number of hydrogen-bond acceptors (Lipinski definition) is 3. The molecule has 0 amide bonds. The average molecular weight is 316 g/mol. The lowest BCUT2D eigenvalue weighted by molar-refractivity contribution is 0.802. The number of rotatable bonds is 4. The third-order valence-corrected chi connectivity index (χ3v) is 4.19. The van der Waals surface area contributed by atoms with E-state index in [1.54, 1.807) is 11.8 Å². The van der Waals surface area contributed by atoms with Gasteiger partial charge in [-0.25, -0.2) is 4.68 Å². The van der Waals surface area contributed by atoms with E-state index in [2.05, 4.69) is 28.7 Å². The van der Waals surface area contributed by atoms with E-state index in [9.17, 15) is 0 Å². The Kier molecular flexibility index (Phi) is 4.27. The van der Waals surface area contributed by atoms with Gasteiger partial charge < -0.3 is 0 Å². The SMILES string of the molecule is CSc1cccc(-n2nnc(CCl)c2-c2ccccc2)c1. The molecular formula is C16H14ClN3S. The summed E-state index contributed by atoms with van der Waals surface area (Å²) in [6, 6.07) is 18.3. The van der Waals surface area contributed by atoms with Gasteiger partial charge in [0.25, 0.3) is 0 Å². The van der Waals surface area contributed by atoms with E-state index < -0.39 is 0 Å². The van der Waals surface area contributed by atoms with E-state index in [-0.39, 0.29) is 0 Å². The summed E-state index contributed by atoms with van der Waals surface area (Å²) >= 11 is 7.73. The average Bonchev–Trinajstić information content (AvgIpc) is 2.99. The largest absolute Gasteiger partial charge is 0.212 e. The zero-order valence-corrected chi connectivity index (χ0v) is 13.1. The zero-order valence-electron chi connectivity index (χ0n) is 11.5. The van der Waals surface area contributed by atoms with Crippen LogP contribution in [0.5, 0.6) is 0 Å². The molecule has 5 heteroatoms. The van der Waals surface area contributed by atoms with Crippen LogP contribution in [-0.4, -0.2) is 21.2 Å². The summed E-state index contributed by atoms with van der Waals surface area (Å²) in [5, 5.41) is 8.50. The standard InChI is InChI=1S/C16H14ClN3S/c1-21-14-9-5-8-13(10-14)20-16(15(11-17)18-19-20)12-6-3-2-4-7-12/h2-10H,11H2,1H3.